The molecule has 1 rings (SSSR count). The number of thioether (sulfide) groups is 1. The van der Waals surface area contributed by atoms with E-state index in [-0.39, 0.29) is 24.0 Å². The van der Waals surface area contributed by atoms with Crippen LogP contribution in [0.3, 0.4) is 0 Å². The molecule has 0 radical (unpaired) electrons. The highest BCUT2D eigenvalue weighted by Crippen LogP contribution is 2.04. The molecule has 1 aromatic heterocycles. The van der Waals surface area contributed by atoms with Gasteiger partial charge in [-0.1, -0.05) is 12.8 Å². The van der Waals surface area contributed by atoms with Crippen molar-refractivity contribution in [3.63, 3.8) is 0 Å². The van der Waals surface area contributed by atoms with Gasteiger partial charge in [0.2, 0.25) is 0 Å². The van der Waals surface area contributed by atoms with E-state index in [1.165, 1.54) is 31.4 Å². The Balaban J connectivity index is 0.00000625. The van der Waals surface area contributed by atoms with Crippen molar-refractivity contribution in [1.82, 2.24) is 10.6 Å². The maximum absolute atomic E-state index is 5.37. The van der Waals surface area contributed by atoms with Crippen molar-refractivity contribution in [1.29, 1.82) is 0 Å². The molecular formula is C19H36IN3O2S. The number of guanidine groups is 1. The van der Waals surface area contributed by atoms with Crippen molar-refractivity contribution in [2.45, 2.75) is 45.4 Å². The first-order chi connectivity index (χ1) is 12.4. The second-order valence-electron chi connectivity index (χ2n) is 5.87. The molecule has 7 heteroatoms. The van der Waals surface area contributed by atoms with E-state index < -0.39 is 0 Å². The number of rotatable bonds is 15. The van der Waals surface area contributed by atoms with Crippen molar-refractivity contribution >= 4 is 41.7 Å². The maximum atomic E-state index is 5.37. The number of hydrogen-bond acceptors (Lipinski definition) is 4. The average molecular weight is 497 g/mol. The number of unbranched alkanes of at least 4 members (excludes halogenated alkanes) is 3. The van der Waals surface area contributed by atoms with Gasteiger partial charge in [0.05, 0.1) is 6.26 Å². The summed E-state index contributed by atoms with van der Waals surface area (Å²) in [7, 11) is 0. The topological polar surface area (TPSA) is 58.8 Å². The molecular weight excluding hydrogens is 461 g/mol. The minimum Gasteiger partial charge on any atom is -0.469 e. The van der Waals surface area contributed by atoms with E-state index in [0.717, 1.165) is 57.4 Å². The molecule has 0 saturated heterocycles. The largest absolute Gasteiger partial charge is 0.469 e. The fourth-order valence-electron chi connectivity index (χ4n) is 2.37. The van der Waals surface area contributed by atoms with Crippen LogP contribution in [0.2, 0.25) is 0 Å². The molecule has 152 valence electrons. The van der Waals surface area contributed by atoms with Crippen LogP contribution in [0, 0.1) is 0 Å². The van der Waals surface area contributed by atoms with Gasteiger partial charge in [-0.15, -0.1) is 24.0 Å². The molecule has 0 spiro atoms. The molecule has 0 saturated carbocycles. The standard InChI is InChI=1S/C19H35N3O2S.HI/c1-3-23-15-9-13-21-19(20-12-6-4-5-7-17-25-2)22-14-11-18-10-8-16-24-18;/h8,10,16H,3-7,9,11-15,17H2,1-2H3,(H2,20,21,22);1H. The molecule has 26 heavy (non-hydrogen) atoms. The van der Waals surface area contributed by atoms with Crippen molar-refractivity contribution in [3.05, 3.63) is 24.2 Å². The lowest BCUT2D eigenvalue weighted by Gasteiger charge is -2.12. The number of hydrogen-bond donors (Lipinski definition) is 2. The second kappa shape index (κ2) is 19.4. The Morgan fingerprint density at radius 2 is 1.96 bits per heavy atom. The first-order valence-electron chi connectivity index (χ1n) is 9.48. The zero-order valence-corrected chi connectivity index (χ0v) is 19.4. The molecule has 0 aromatic carbocycles. The minimum atomic E-state index is 0. The molecule has 0 atom stereocenters. The lowest BCUT2D eigenvalue weighted by molar-refractivity contribution is 0.146. The maximum Gasteiger partial charge on any atom is 0.191 e. The van der Waals surface area contributed by atoms with Crippen LogP contribution in [-0.4, -0.2) is 50.8 Å². The summed E-state index contributed by atoms with van der Waals surface area (Å²) in [6.45, 7) is 6.13. The smallest absolute Gasteiger partial charge is 0.191 e. The molecule has 0 aliphatic carbocycles. The quantitative estimate of drug-likeness (QED) is 0.164. The third-order valence-corrected chi connectivity index (χ3v) is 4.43. The van der Waals surface area contributed by atoms with Gasteiger partial charge in [-0.3, -0.25) is 4.99 Å². The van der Waals surface area contributed by atoms with Gasteiger partial charge in [0.1, 0.15) is 5.76 Å². The number of furan rings is 1. The Hall–Kier alpha value is -0.410. The van der Waals surface area contributed by atoms with E-state index in [2.05, 4.69) is 21.9 Å². The van der Waals surface area contributed by atoms with Crippen LogP contribution in [-0.2, 0) is 11.2 Å². The van der Waals surface area contributed by atoms with Crippen molar-refractivity contribution in [2.24, 2.45) is 4.99 Å². The van der Waals surface area contributed by atoms with Crippen molar-refractivity contribution < 1.29 is 9.15 Å². The minimum absolute atomic E-state index is 0. The lowest BCUT2D eigenvalue weighted by atomic mass is 10.2. The molecule has 2 N–H and O–H groups in total. The Bertz CT molecular complexity index is 430. The van der Waals surface area contributed by atoms with Gasteiger partial charge in [0, 0.05) is 39.3 Å². The van der Waals surface area contributed by atoms with E-state index in [4.69, 9.17) is 9.15 Å². The van der Waals surface area contributed by atoms with Crippen LogP contribution in [0.4, 0.5) is 0 Å². The molecule has 0 bridgehead atoms. The van der Waals surface area contributed by atoms with Gasteiger partial charge >= 0.3 is 0 Å². The SMILES string of the molecule is CCOCCCN=C(NCCCCCCSC)NCCc1ccco1.I. The molecule has 1 heterocycles. The molecule has 0 fully saturated rings. The van der Waals surface area contributed by atoms with E-state index >= 15 is 0 Å². The summed E-state index contributed by atoms with van der Waals surface area (Å²) in [5.74, 6) is 3.16. The first-order valence-corrected chi connectivity index (χ1v) is 10.9. The summed E-state index contributed by atoms with van der Waals surface area (Å²) in [4.78, 5) is 4.64. The van der Waals surface area contributed by atoms with Crippen molar-refractivity contribution in [3.8, 4) is 0 Å². The number of nitrogens with one attached hydrogen (secondary N) is 2. The fourth-order valence-corrected chi connectivity index (χ4v) is 2.86. The number of aliphatic imine (C=N–C) groups is 1. The monoisotopic (exact) mass is 497 g/mol. The summed E-state index contributed by atoms with van der Waals surface area (Å²) in [5.41, 5.74) is 0. The first kappa shape index (κ1) is 25.6. The van der Waals surface area contributed by atoms with Crippen LogP contribution in [0.1, 0.15) is 44.8 Å². The molecule has 0 unspecified atom stereocenters. The van der Waals surface area contributed by atoms with Gasteiger partial charge in [-0.25, -0.2) is 0 Å². The van der Waals surface area contributed by atoms with Gasteiger partial charge in [-0.05, 0) is 50.3 Å². The zero-order valence-electron chi connectivity index (χ0n) is 16.3. The van der Waals surface area contributed by atoms with E-state index in [0.29, 0.717) is 0 Å². The fraction of sp³-hybridized carbons (Fsp3) is 0.737. The highest BCUT2D eigenvalue weighted by atomic mass is 127. The zero-order chi connectivity index (χ0) is 18.0. The molecule has 0 amide bonds. The van der Waals surface area contributed by atoms with E-state index in [1.807, 2.05) is 30.8 Å². The van der Waals surface area contributed by atoms with Gasteiger partial charge in [0.25, 0.3) is 0 Å². The lowest BCUT2D eigenvalue weighted by Crippen LogP contribution is -2.39. The number of halogens is 1. The van der Waals surface area contributed by atoms with E-state index in [9.17, 15) is 0 Å². The summed E-state index contributed by atoms with van der Waals surface area (Å²) >= 11 is 1.93. The normalized spacial score (nSPS) is 11.2. The summed E-state index contributed by atoms with van der Waals surface area (Å²) in [6, 6.07) is 3.93. The van der Waals surface area contributed by atoms with Gasteiger partial charge in [-0.2, -0.15) is 11.8 Å². The van der Waals surface area contributed by atoms with Crippen molar-refractivity contribution in [2.75, 3.05) is 44.9 Å². The Morgan fingerprint density at radius 1 is 1.15 bits per heavy atom. The molecule has 0 aliphatic heterocycles. The summed E-state index contributed by atoms with van der Waals surface area (Å²) in [6.07, 6.45) is 10.8. The third-order valence-electron chi connectivity index (χ3n) is 3.73. The average Bonchev–Trinajstić information content (AvgIpc) is 3.13. The molecule has 1 aromatic rings. The molecule has 5 nitrogen and oxygen atoms in total. The van der Waals surface area contributed by atoms with Gasteiger partial charge < -0.3 is 19.8 Å². The third kappa shape index (κ3) is 14.7. The highest BCUT2D eigenvalue weighted by Gasteiger charge is 2.00. The number of nitrogens with zero attached hydrogens (tertiary/aromatic N) is 1. The van der Waals surface area contributed by atoms with Crippen LogP contribution in [0.5, 0.6) is 0 Å². The van der Waals surface area contributed by atoms with Gasteiger partial charge in [0.15, 0.2) is 5.96 Å². The predicted octanol–water partition coefficient (Wildman–Crippen LogP) is 4.33. The number of ether oxygens (including phenoxy) is 1. The van der Waals surface area contributed by atoms with E-state index in [1.54, 1.807) is 6.26 Å². The van der Waals surface area contributed by atoms with Crippen LogP contribution >= 0.6 is 35.7 Å². The summed E-state index contributed by atoms with van der Waals surface area (Å²) in [5, 5.41) is 6.84. The second-order valence-corrected chi connectivity index (χ2v) is 6.86. The van der Waals surface area contributed by atoms with Crippen LogP contribution < -0.4 is 10.6 Å². The summed E-state index contributed by atoms with van der Waals surface area (Å²) < 4.78 is 10.7. The highest BCUT2D eigenvalue weighted by molar-refractivity contribution is 14.0. The van der Waals surface area contributed by atoms with Crippen LogP contribution in [0.25, 0.3) is 0 Å². The Kier molecular flexibility index (Phi) is 19.0. The molecule has 0 aliphatic rings. The predicted molar refractivity (Wildman–Crippen MR) is 124 cm³/mol. The van der Waals surface area contributed by atoms with Crippen LogP contribution in [0.15, 0.2) is 27.8 Å². The Morgan fingerprint density at radius 3 is 2.69 bits per heavy atom. The Labute approximate surface area is 180 Å².